The van der Waals surface area contributed by atoms with Crippen LogP contribution in [0.4, 0.5) is 74.6 Å². The van der Waals surface area contributed by atoms with E-state index in [1.165, 1.54) is 0 Å². The van der Waals surface area contributed by atoms with Gasteiger partial charge in [0.15, 0.2) is 0 Å². The van der Waals surface area contributed by atoms with Crippen molar-refractivity contribution >= 4 is 7.60 Å². The number of hydrogen-bond donors (Lipinski definition) is 2. The Morgan fingerprint density at radius 2 is 0.621 bits per heavy atom. The Bertz CT molecular complexity index is 673. The van der Waals surface area contributed by atoms with Gasteiger partial charge >= 0.3 is 55.0 Å². The van der Waals surface area contributed by atoms with E-state index in [0.29, 0.717) is 0 Å². The molecule has 0 spiro atoms. The predicted molar refractivity (Wildman–Crippen MR) is 52.7 cm³/mol. The summed E-state index contributed by atoms with van der Waals surface area (Å²) in [5, 5.41) is 0. The standard InChI is InChI=1S/C8H2F17O3P/c9-1(10,3(13,14)5(17,18)7(21,22)23)2(11,12)4(15,16)6(19,20)8(24,25)29(26,27)28/h(H2,26,27,28). The molecule has 0 aliphatic carbocycles. The molecule has 0 bridgehead atoms. The number of alkyl halides is 17. The number of hydrogen-bond acceptors (Lipinski definition) is 1. The van der Waals surface area contributed by atoms with Crippen LogP contribution in [0.25, 0.3) is 0 Å². The van der Waals surface area contributed by atoms with Gasteiger partial charge in [0.05, 0.1) is 0 Å². The molecule has 0 saturated carbocycles. The van der Waals surface area contributed by atoms with Crippen LogP contribution in [0.2, 0.25) is 0 Å². The average molecular weight is 500 g/mol. The Balaban J connectivity index is 6.86. The molecule has 0 aromatic rings. The zero-order chi connectivity index (χ0) is 24.5. The smallest absolute Gasteiger partial charge is 0.320 e. The molecule has 0 heterocycles. The lowest BCUT2D eigenvalue weighted by Crippen LogP contribution is -2.74. The molecule has 0 rings (SSSR count). The van der Waals surface area contributed by atoms with Crippen LogP contribution in [-0.2, 0) is 4.57 Å². The van der Waals surface area contributed by atoms with Gasteiger partial charge in [-0.2, -0.15) is 74.6 Å². The van der Waals surface area contributed by atoms with Crippen molar-refractivity contribution in [3.63, 3.8) is 0 Å². The summed E-state index contributed by atoms with van der Waals surface area (Å²) in [6.45, 7) is 0. The summed E-state index contributed by atoms with van der Waals surface area (Å²) in [5.74, 6) is -51.8. The largest absolute Gasteiger partial charge is 0.460 e. The minimum Gasteiger partial charge on any atom is -0.320 e. The van der Waals surface area contributed by atoms with Crippen LogP contribution in [0.3, 0.4) is 0 Å². The van der Waals surface area contributed by atoms with Gasteiger partial charge in [-0.25, -0.2) is 0 Å². The fourth-order valence-electron chi connectivity index (χ4n) is 1.34. The van der Waals surface area contributed by atoms with Crippen LogP contribution in [0.5, 0.6) is 0 Å². The summed E-state index contributed by atoms with van der Waals surface area (Å²) in [4.78, 5) is 15.6. The van der Waals surface area contributed by atoms with Crippen molar-refractivity contribution in [3.05, 3.63) is 0 Å². The predicted octanol–water partition coefficient (Wildman–Crippen LogP) is 5.13. The first kappa shape index (κ1) is 28.0. The van der Waals surface area contributed by atoms with Crippen molar-refractivity contribution in [3.8, 4) is 0 Å². The van der Waals surface area contributed by atoms with E-state index in [9.17, 15) is 79.2 Å². The van der Waals surface area contributed by atoms with Gasteiger partial charge in [-0.15, -0.1) is 0 Å². The van der Waals surface area contributed by atoms with Gasteiger partial charge < -0.3 is 9.79 Å². The van der Waals surface area contributed by atoms with Crippen molar-refractivity contribution in [2.24, 2.45) is 0 Å². The molecule has 0 amide bonds. The van der Waals surface area contributed by atoms with Crippen LogP contribution in [0.1, 0.15) is 0 Å². The maximum atomic E-state index is 13.1. The molecule has 0 radical (unpaired) electrons. The van der Waals surface area contributed by atoms with E-state index in [4.69, 9.17) is 9.79 Å². The molecule has 0 fully saturated rings. The lowest BCUT2D eigenvalue weighted by atomic mass is 9.91. The molecule has 0 saturated heterocycles. The molecule has 0 aliphatic rings. The second-order valence-electron chi connectivity index (χ2n) is 5.03. The Morgan fingerprint density at radius 1 is 0.414 bits per heavy atom. The van der Waals surface area contributed by atoms with Gasteiger partial charge in [0.2, 0.25) is 0 Å². The van der Waals surface area contributed by atoms with E-state index in [1.54, 1.807) is 0 Å². The normalized spacial score (nSPS) is 16.9. The molecule has 3 nitrogen and oxygen atoms in total. The molecular formula is C8H2F17O3P. The summed E-state index contributed by atoms with van der Waals surface area (Å²) in [6.07, 6.45) is -7.87. The van der Waals surface area contributed by atoms with Crippen molar-refractivity contribution in [2.45, 2.75) is 47.4 Å². The van der Waals surface area contributed by atoms with Crippen molar-refractivity contribution < 1.29 is 89.0 Å². The van der Waals surface area contributed by atoms with E-state index in [1.807, 2.05) is 0 Å². The fourth-order valence-corrected chi connectivity index (χ4v) is 1.84. The molecule has 2 N–H and O–H groups in total. The fraction of sp³-hybridized carbons (Fsp3) is 1.00. The van der Waals surface area contributed by atoms with Crippen LogP contribution >= 0.6 is 7.60 Å². The Labute approximate surface area is 145 Å². The van der Waals surface area contributed by atoms with Crippen molar-refractivity contribution in [1.82, 2.24) is 0 Å². The average Bonchev–Trinajstić information content (AvgIpc) is 2.43. The van der Waals surface area contributed by atoms with Gasteiger partial charge in [-0.3, -0.25) is 4.57 Å². The van der Waals surface area contributed by atoms with Gasteiger partial charge in [0.1, 0.15) is 0 Å². The molecule has 0 unspecified atom stereocenters. The first-order valence-corrected chi connectivity index (χ1v) is 7.38. The molecule has 0 aromatic carbocycles. The van der Waals surface area contributed by atoms with Crippen molar-refractivity contribution in [1.29, 1.82) is 0 Å². The zero-order valence-corrected chi connectivity index (χ0v) is 13.1. The third-order valence-electron chi connectivity index (χ3n) is 3.07. The van der Waals surface area contributed by atoms with Crippen molar-refractivity contribution in [2.75, 3.05) is 0 Å². The van der Waals surface area contributed by atoms with E-state index in [-0.39, 0.29) is 0 Å². The minimum absolute atomic E-state index is 7.70. The van der Waals surface area contributed by atoms with Gasteiger partial charge in [0, 0.05) is 0 Å². The highest BCUT2D eigenvalue weighted by Crippen LogP contribution is 2.69. The molecule has 176 valence electrons. The van der Waals surface area contributed by atoms with Gasteiger partial charge in [0.25, 0.3) is 0 Å². The lowest BCUT2D eigenvalue weighted by molar-refractivity contribution is -0.458. The monoisotopic (exact) mass is 500 g/mol. The maximum Gasteiger partial charge on any atom is 0.460 e. The van der Waals surface area contributed by atoms with Crippen LogP contribution in [-0.4, -0.2) is 57.2 Å². The highest BCUT2D eigenvalue weighted by molar-refractivity contribution is 7.53. The highest BCUT2D eigenvalue weighted by Gasteiger charge is 2.96. The second-order valence-corrected chi connectivity index (χ2v) is 6.68. The molecular weight excluding hydrogens is 498 g/mol. The number of halogens is 17. The summed E-state index contributed by atoms with van der Waals surface area (Å²) >= 11 is 0. The topological polar surface area (TPSA) is 57.5 Å². The van der Waals surface area contributed by atoms with E-state index >= 15 is 0 Å². The van der Waals surface area contributed by atoms with E-state index < -0.39 is 55.0 Å². The molecule has 21 heteroatoms. The number of rotatable bonds is 7. The van der Waals surface area contributed by atoms with Crippen LogP contribution < -0.4 is 0 Å². The quantitative estimate of drug-likeness (QED) is 0.377. The Hall–Kier alpha value is -1.04. The Kier molecular flexibility index (Phi) is 6.25. The molecule has 0 aromatic heterocycles. The first-order valence-electron chi connectivity index (χ1n) is 5.77. The summed E-state index contributed by atoms with van der Waals surface area (Å²) in [7, 11) is -7.97. The summed E-state index contributed by atoms with van der Waals surface area (Å²) in [6, 6.07) is 0. The second kappa shape index (κ2) is 6.48. The third-order valence-corrected chi connectivity index (χ3v) is 4.08. The van der Waals surface area contributed by atoms with Crippen LogP contribution in [0.15, 0.2) is 0 Å². The van der Waals surface area contributed by atoms with Gasteiger partial charge in [-0.05, 0) is 0 Å². The maximum absolute atomic E-state index is 13.1. The lowest BCUT2D eigenvalue weighted by Gasteiger charge is -2.42. The minimum atomic E-state index is -8.86. The van der Waals surface area contributed by atoms with Crippen LogP contribution in [0, 0.1) is 0 Å². The zero-order valence-electron chi connectivity index (χ0n) is 12.2. The SMILES string of the molecule is O=P(O)(O)C(F)(F)C(F)(F)C(F)(F)C(F)(F)C(F)(F)C(F)(F)C(F)(F)C(F)(F)F. The van der Waals surface area contributed by atoms with E-state index in [2.05, 4.69) is 0 Å². The summed E-state index contributed by atoms with van der Waals surface area (Å²) < 4.78 is 225. The van der Waals surface area contributed by atoms with E-state index in [0.717, 1.165) is 0 Å². The molecule has 29 heavy (non-hydrogen) atoms. The first-order chi connectivity index (χ1) is 12.0. The Morgan fingerprint density at radius 3 is 0.828 bits per heavy atom. The summed E-state index contributed by atoms with van der Waals surface area (Å²) in [5.41, 5.74) is -7.70. The molecule has 0 aliphatic heterocycles. The third kappa shape index (κ3) is 3.34. The molecule has 0 atom stereocenters. The van der Waals surface area contributed by atoms with Gasteiger partial charge in [-0.1, -0.05) is 0 Å². The highest BCUT2D eigenvalue weighted by atomic mass is 31.2.